The summed E-state index contributed by atoms with van der Waals surface area (Å²) in [5.74, 6) is -6.38. The summed E-state index contributed by atoms with van der Waals surface area (Å²) in [4.78, 5) is 79.6. The Morgan fingerprint density at radius 3 is 2.39 bits per heavy atom. The van der Waals surface area contributed by atoms with Gasteiger partial charge in [-0.25, -0.2) is 14.4 Å². The van der Waals surface area contributed by atoms with Gasteiger partial charge in [0.25, 0.3) is 0 Å². The fourth-order valence-electron chi connectivity index (χ4n) is 11.7. The number of aliphatic hydroxyl groups excluding tert-OH is 2. The number of aliphatic hydroxyl groups is 2. The molecule has 0 aromatic heterocycles. The maximum absolute atomic E-state index is 15.2. The first-order valence-corrected chi connectivity index (χ1v) is 22.9. The van der Waals surface area contributed by atoms with Crippen LogP contribution in [0.1, 0.15) is 74.1 Å². The number of esters is 2. The average Bonchev–Trinajstić information content (AvgIpc) is 3.52. The number of hydrogen-bond donors (Lipinski definition) is 3. The number of methoxy groups -OCH3 is 2. The molecule has 1 amide bonds. The largest absolute Gasteiger partial charge is 0.511 e. The number of nitro groups is 1. The van der Waals surface area contributed by atoms with Crippen LogP contribution in [0.5, 0.6) is 0 Å². The fourth-order valence-corrected chi connectivity index (χ4v) is 11.7. The van der Waals surface area contributed by atoms with E-state index in [4.69, 9.17) is 37.9 Å². The molecule has 19 nitrogen and oxygen atoms in total. The van der Waals surface area contributed by atoms with E-state index in [0.717, 1.165) is 12.7 Å². The third kappa shape index (κ3) is 9.90. The van der Waals surface area contributed by atoms with Crippen molar-refractivity contribution < 1.29 is 77.0 Å². The van der Waals surface area contributed by atoms with Crippen molar-refractivity contribution in [3.05, 3.63) is 68.5 Å². The van der Waals surface area contributed by atoms with Gasteiger partial charge in [0.05, 0.1) is 64.2 Å². The van der Waals surface area contributed by atoms with Crippen LogP contribution < -0.4 is 5.32 Å². The lowest BCUT2D eigenvalue weighted by molar-refractivity contribution is -0.584. The number of fused-ring (bicyclic) bond motifs is 4. The summed E-state index contributed by atoms with van der Waals surface area (Å²) >= 11 is 0. The van der Waals surface area contributed by atoms with Crippen LogP contribution in [-0.4, -0.2) is 140 Å². The van der Waals surface area contributed by atoms with Gasteiger partial charge in [-0.3, -0.25) is 19.7 Å². The number of hydrogen-bond acceptors (Lipinski definition) is 17. The minimum absolute atomic E-state index is 0.0111. The molecule has 67 heavy (non-hydrogen) atoms. The highest BCUT2D eigenvalue weighted by Gasteiger charge is 2.64. The Kier molecular flexibility index (Phi) is 16.0. The van der Waals surface area contributed by atoms with Crippen LogP contribution in [-0.2, 0) is 57.1 Å². The lowest BCUT2D eigenvalue weighted by Crippen LogP contribution is -2.65. The van der Waals surface area contributed by atoms with E-state index in [-0.39, 0.29) is 50.1 Å². The van der Waals surface area contributed by atoms with E-state index in [2.05, 4.69) is 5.32 Å². The number of nitrogens with one attached hydrogen (secondary N) is 1. The number of allylic oxidation sites excluding steroid dienone is 3. The Morgan fingerprint density at radius 2 is 1.72 bits per heavy atom. The van der Waals surface area contributed by atoms with Crippen molar-refractivity contribution in [1.29, 1.82) is 0 Å². The van der Waals surface area contributed by atoms with E-state index in [1.807, 2.05) is 39.0 Å². The summed E-state index contributed by atoms with van der Waals surface area (Å²) in [5, 5.41) is 39.8. The van der Waals surface area contributed by atoms with Crippen molar-refractivity contribution in [1.82, 2.24) is 5.32 Å². The highest BCUT2D eigenvalue weighted by atomic mass is 16.7. The van der Waals surface area contributed by atoms with Crippen molar-refractivity contribution in [3.8, 4) is 0 Å². The molecule has 3 N–H and O–H groups in total. The molecule has 3 fully saturated rings. The zero-order valence-corrected chi connectivity index (χ0v) is 39.7. The summed E-state index contributed by atoms with van der Waals surface area (Å²) in [6.07, 6.45) is 2.97. The molecule has 4 aliphatic carbocycles. The summed E-state index contributed by atoms with van der Waals surface area (Å²) in [5.41, 5.74) is -4.76. The van der Waals surface area contributed by atoms with Gasteiger partial charge in [-0.1, -0.05) is 50.6 Å². The van der Waals surface area contributed by atoms with Crippen LogP contribution in [0, 0.1) is 51.0 Å². The first kappa shape index (κ1) is 51.6. The number of alkyl carbamates (subject to hydrolysis) is 1. The lowest BCUT2D eigenvalue weighted by atomic mass is 9.49. The first-order chi connectivity index (χ1) is 31.7. The predicted octanol–water partition coefficient (Wildman–Crippen LogP) is 4.44. The molecule has 1 saturated carbocycles. The number of rotatable bonds is 14. The SMILES string of the molecule is COCCOCCOCC(=O)O[C@@H]1[C@H]2C=C[C@H]3/C(C)=C/C[C@H](O[C@H]4CC(C)([N+](=O)[O-])C(NC(=O)OC)[C@H](C)O4)/C(C)=C\[C@@H]4[C@@H](O)C=C(C=O)C[C@]45OC(=O)/C(=C(/O)[C@@]3(C)[C@@H]2[C@@H](C)C[C@@H]1C)C5=O. The minimum atomic E-state index is -2.16. The molecule has 0 radical (unpaired) electrons. The van der Waals surface area contributed by atoms with E-state index < -0.39 is 123 Å². The molecule has 19 heteroatoms. The first-order valence-electron chi connectivity index (χ1n) is 22.9. The predicted molar refractivity (Wildman–Crippen MR) is 236 cm³/mol. The van der Waals surface area contributed by atoms with E-state index in [1.165, 1.54) is 13.0 Å². The molecule has 370 valence electrons. The number of ketones is 1. The summed E-state index contributed by atoms with van der Waals surface area (Å²) in [7, 11) is 2.71. The lowest BCUT2D eigenvalue weighted by Gasteiger charge is -2.56. The average molecular weight is 943 g/mol. The van der Waals surface area contributed by atoms with E-state index in [1.54, 1.807) is 34.0 Å². The summed E-state index contributed by atoms with van der Waals surface area (Å²) in [6.45, 7) is 13.2. The zero-order valence-electron chi connectivity index (χ0n) is 39.7. The quantitative estimate of drug-likeness (QED) is 0.0318. The second-order valence-electron chi connectivity index (χ2n) is 19.4. The second-order valence-corrected chi connectivity index (χ2v) is 19.4. The van der Waals surface area contributed by atoms with Gasteiger partial charge in [0.1, 0.15) is 36.4 Å². The molecular formula is C48H66N2O17. The molecule has 2 heterocycles. The van der Waals surface area contributed by atoms with Crippen LogP contribution in [0.4, 0.5) is 4.79 Å². The van der Waals surface area contributed by atoms with Crippen LogP contribution in [0.2, 0.25) is 0 Å². The molecule has 0 aromatic rings. The maximum Gasteiger partial charge on any atom is 0.407 e. The van der Waals surface area contributed by atoms with E-state index in [9.17, 15) is 39.5 Å². The molecular weight excluding hydrogens is 877 g/mol. The molecule has 6 aliphatic rings. The van der Waals surface area contributed by atoms with Crippen molar-refractivity contribution in [2.75, 3.05) is 47.3 Å². The van der Waals surface area contributed by atoms with Gasteiger partial charge in [0.15, 0.2) is 11.9 Å². The van der Waals surface area contributed by atoms with Gasteiger partial charge in [-0.2, -0.15) is 0 Å². The van der Waals surface area contributed by atoms with Crippen molar-refractivity contribution >= 4 is 30.1 Å². The molecule has 1 spiro atoms. The second kappa shape index (κ2) is 20.8. The number of carbonyl (C=O) groups excluding carboxylic acids is 5. The van der Waals surface area contributed by atoms with Gasteiger partial charge in [0, 0.05) is 42.6 Å². The smallest absolute Gasteiger partial charge is 0.407 e. The van der Waals surface area contributed by atoms with E-state index >= 15 is 4.79 Å². The highest BCUT2D eigenvalue weighted by Crippen LogP contribution is 2.60. The summed E-state index contributed by atoms with van der Waals surface area (Å²) in [6, 6.07) is -1.10. The van der Waals surface area contributed by atoms with Crippen molar-refractivity contribution in [2.45, 2.75) is 122 Å². The van der Waals surface area contributed by atoms with Crippen LogP contribution in [0.15, 0.2) is 58.4 Å². The third-order valence-corrected chi connectivity index (χ3v) is 15.0. The molecule has 2 aliphatic heterocycles. The van der Waals surface area contributed by atoms with Gasteiger partial charge in [-0.05, 0) is 68.6 Å². The van der Waals surface area contributed by atoms with Crippen molar-refractivity contribution in [2.24, 2.45) is 40.9 Å². The van der Waals surface area contributed by atoms with Gasteiger partial charge >= 0.3 is 18.0 Å². The Labute approximate surface area is 390 Å². The van der Waals surface area contributed by atoms with Crippen molar-refractivity contribution in [3.63, 3.8) is 0 Å². The fraction of sp³-hybridized carbons (Fsp3) is 0.688. The number of nitrogens with zero attached hydrogens (tertiary/aromatic N) is 1. The van der Waals surface area contributed by atoms with Crippen LogP contribution >= 0.6 is 0 Å². The zero-order chi connectivity index (χ0) is 49.2. The highest BCUT2D eigenvalue weighted by molar-refractivity contribution is 6.26. The minimum Gasteiger partial charge on any atom is -0.511 e. The summed E-state index contributed by atoms with van der Waals surface area (Å²) < 4.78 is 45.7. The van der Waals surface area contributed by atoms with Gasteiger partial charge in [-0.15, -0.1) is 0 Å². The standard InChI is InChI=1S/C48H66N2O17/c1-25-10-13-35(65-37-22-46(6,50(58)59)41(29(5)64-37)49-45(57)61-9)26(2)19-33-34(52)20-30(23-51)21-48(33)43(55)38(44(56)67-48)42(54)47(7)32(25)12-11-31-39(47)27(3)18-28(4)40(31)66-36(53)24-63-17-16-62-15-14-60-8/h10-12,19-20,23,27-29,31-35,37,39-41,52,54H,13-18,21-22,24H2,1-9H3,(H,49,57)/b25-10+,26-19-,42-38+/t27-,28-,29-,31-,32-,33+,34-,35-,37-,39+,40-,41?,46?,47+,48-/m0/s1. The Bertz CT molecular complexity index is 2100. The molecule has 2 bridgehead atoms. The topological polar surface area (TPSA) is 255 Å². The number of Topliss-reactive ketones (excluding diaryl/α,β-unsaturated/α-hetero) is 1. The van der Waals surface area contributed by atoms with Crippen LogP contribution in [0.25, 0.3) is 0 Å². The molecule has 2 saturated heterocycles. The number of carbonyl (C=O) groups is 5. The van der Waals surface area contributed by atoms with Gasteiger partial charge in [0.2, 0.25) is 11.3 Å². The number of aldehydes is 1. The van der Waals surface area contributed by atoms with Gasteiger partial charge < -0.3 is 53.4 Å². The number of ether oxygens (including phenoxy) is 8. The van der Waals surface area contributed by atoms with E-state index in [0.29, 0.717) is 31.5 Å². The molecule has 6 rings (SSSR count). The maximum atomic E-state index is 15.2. The Morgan fingerprint density at radius 1 is 1.01 bits per heavy atom. The van der Waals surface area contributed by atoms with Crippen LogP contribution in [0.3, 0.4) is 0 Å². The molecule has 0 aromatic carbocycles. The molecule has 2 unspecified atom stereocenters. The third-order valence-electron chi connectivity index (χ3n) is 15.0. The number of amides is 1. The molecule has 15 atom stereocenters. The Hall–Kier alpha value is -4.79. The Balaban J connectivity index is 1.43. The monoisotopic (exact) mass is 942 g/mol. The normalized spacial score (nSPS) is 41.1.